The Balaban J connectivity index is 0.00000288. The summed E-state index contributed by atoms with van der Waals surface area (Å²) < 4.78 is 5.78. The van der Waals surface area contributed by atoms with Gasteiger partial charge in [0.1, 0.15) is 5.75 Å². The summed E-state index contributed by atoms with van der Waals surface area (Å²) in [7, 11) is 3.55. The first-order valence-electron chi connectivity index (χ1n) is 8.28. The summed E-state index contributed by atoms with van der Waals surface area (Å²) in [6, 6.07) is 6.30. The van der Waals surface area contributed by atoms with E-state index in [1.165, 1.54) is 29.7 Å². The number of nitrogens with zero attached hydrogens (tertiary/aromatic N) is 1. The Bertz CT molecular complexity index is 545. The predicted octanol–water partition coefficient (Wildman–Crippen LogP) is 3.61. The molecule has 1 aliphatic heterocycles. The largest absolute Gasteiger partial charge is 0.496 e. The molecule has 0 aromatic heterocycles. The first-order chi connectivity index (χ1) is 11.1. The van der Waals surface area contributed by atoms with E-state index in [0.717, 1.165) is 31.2 Å². The number of ether oxygens (including phenoxy) is 1. The Hall–Kier alpha value is -0.630. The predicted molar refractivity (Wildman–Crippen MR) is 116 cm³/mol. The van der Waals surface area contributed by atoms with E-state index in [2.05, 4.69) is 53.4 Å². The van der Waals surface area contributed by atoms with Crippen LogP contribution < -0.4 is 15.4 Å². The summed E-state index contributed by atoms with van der Waals surface area (Å²) in [4.78, 5) is 4.33. The third-order valence-electron chi connectivity index (χ3n) is 4.28. The molecule has 4 nitrogen and oxygen atoms in total. The molecule has 0 amide bonds. The van der Waals surface area contributed by atoms with E-state index in [4.69, 9.17) is 4.74 Å². The van der Waals surface area contributed by atoms with Crippen molar-refractivity contribution in [2.24, 2.45) is 4.99 Å². The van der Waals surface area contributed by atoms with Gasteiger partial charge in [-0.2, -0.15) is 11.8 Å². The maximum Gasteiger partial charge on any atom is 0.191 e. The molecular weight excluding hydrogens is 433 g/mol. The number of guanidine groups is 1. The number of methoxy groups -OCH3 is 1. The molecule has 0 spiro atoms. The standard InChI is InChI=1S/C18H29N3OS.HI/c1-14-6-7-16(22-4)15(12-14)8-10-20-17(19-3)21-13-18(2)9-5-11-23-18;/h6-7,12H,5,8-11,13H2,1-4H3,(H2,19,20,21);1H. The first kappa shape index (κ1) is 21.4. The van der Waals surface area contributed by atoms with E-state index in [0.29, 0.717) is 4.75 Å². The van der Waals surface area contributed by atoms with Crippen molar-refractivity contribution in [3.63, 3.8) is 0 Å². The molecule has 136 valence electrons. The monoisotopic (exact) mass is 463 g/mol. The van der Waals surface area contributed by atoms with Gasteiger partial charge in [0.2, 0.25) is 0 Å². The molecular formula is C18H30IN3OS. The second-order valence-electron chi connectivity index (χ2n) is 6.32. The number of aliphatic imine (C=N–C) groups is 1. The number of rotatable bonds is 6. The van der Waals surface area contributed by atoms with E-state index >= 15 is 0 Å². The van der Waals surface area contributed by atoms with Gasteiger partial charge in [-0.15, -0.1) is 24.0 Å². The van der Waals surface area contributed by atoms with Crippen molar-refractivity contribution in [2.75, 3.05) is 33.0 Å². The van der Waals surface area contributed by atoms with Crippen LogP contribution in [0.5, 0.6) is 5.75 Å². The van der Waals surface area contributed by atoms with Gasteiger partial charge in [-0.05, 0) is 50.5 Å². The molecule has 1 unspecified atom stereocenters. The molecule has 2 rings (SSSR count). The lowest BCUT2D eigenvalue weighted by atomic mass is 10.1. The summed E-state index contributed by atoms with van der Waals surface area (Å²) in [6.07, 6.45) is 3.52. The van der Waals surface area contributed by atoms with Crippen LogP contribution in [0.3, 0.4) is 0 Å². The molecule has 1 saturated heterocycles. The van der Waals surface area contributed by atoms with Crippen molar-refractivity contribution in [2.45, 2.75) is 37.9 Å². The van der Waals surface area contributed by atoms with Crippen molar-refractivity contribution in [1.82, 2.24) is 10.6 Å². The fraction of sp³-hybridized carbons (Fsp3) is 0.611. The highest BCUT2D eigenvalue weighted by molar-refractivity contribution is 14.0. The van der Waals surface area contributed by atoms with Gasteiger partial charge in [0.25, 0.3) is 0 Å². The Morgan fingerprint density at radius 1 is 1.38 bits per heavy atom. The second-order valence-corrected chi connectivity index (χ2v) is 8.00. The zero-order chi connectivity index (χ0) is 16.7. The topological polar surface area (TPSA) is 45.7 Å². The first-order valence-corrected chi connectivity index (χ1v) is 9.27. The molecule has 1 heterocycles. The third kappa shape index (κ3) is 6.35. The zero-order valence-electron chi connectivity index (χ0n) is 15.1. The van der Waals surface area contributed by atoms with Crippen LogP contribution in [0.15, 0.2) is 23.2 Å². The van der Waals surface area contributed by atoms with E-state index in [9.17, 15) is 0 Å². The highest BCUT2D eigenvalue weighted by Gasteiger charge is 2.29. The Kier molecular flexibility index (Phi) is 9.26. The molecule has 1 atom stereocenters. The minimum atomic E-state index is 0. The number of halogens is 1. The lowest BCUT2D eigenvalue weighted by Crippen LogP contribution is -2.44. The summed E-state index contributed by atoms with van der Waals surface area (Å²) in [5.74, 6) is 3.11. The molecule has 1 aromatic carbocycles. The van der Waals surface area contributed by atoms with Crippen molar-refractivity contribution in [1.29, 1.82) is 0 Å². The van der Waals surface area contributed by atoms with E-state index in [1.807, 2.05) is 13.1 Å². The van der Waals surface area contributed by atoms with Crippen LogP contribution in [0.1, 0.15) is 30.9 Å². The number of hydrogen-bond acceptors (Lipinski definition) is 3. The van der Waals surface area contributed by atoms with Crippen LogP contribution >= 0.6 is 35.7 Å². The maximum atomic E-state index is 5.44. The molecule has 6 heteroatoms. The van der Waals surface area contributed by atoms with Gasteiger partial charge in [-0.25, -0.2) is 0 Å². The quantitative estimate of drug-likeness (QED) is 0.385. The van der Waals surface area contributed by atoms with Gasteiger partial charge < -0.3 is 15.4 Å². The van der Waals surface area contributed by atoms with Crippen LogP contribution in [0.4, 0.5) is 0 Å². The highest BCUT2D eigenvalue weighted by atomic mass is 127. The number of hydrogen-bond donors (Lipinski definition) is 2. The van der Waals surface area contributed by atoms with Crippen molar-refractivity contribution in [3.05, 3.63) is 29.3 Å². The van der Waals surface area contributed by atoms with Crippen LogP contribution in [0.2, 0.25) is 0 Å². The lowest BCUT2D eigenvalue weighted by molar-refractivity contribution is 0.409. The molecule has 24 heavy (non-hydrogen) atoms. The Morgan fingerprint density at radius 2 is 2.17 bits per heavy atom. The minimum absolute atomic E-state index is 0. The molecule has 2 N–H and O–H groups in total. The molecule has 1 aromatic rings. The SMILES string of the molecule is CN=C(NCCc1cc(C)ccc1OC)NCC1(C)CCCS1.I. The van der Waals surface area contributed by atoms with Gasteiger partial charge in [-0.1, -0.05) is 17.7 Å². The molecule has 1 fully saturated rings. The summed E-state index contributed by atoms with van der Waals surface area (Å²) >= 11 is 2.06. The fourth-order valence-electron chi connectivity index (χ4n) is 2.89. The number of aryl methyl sites for hydroxylation is 1. The van der Waals surface area contributed by atoms with E-state index < -0.39 is 0 Å². The van der Waals surface area contributed by atoms with Crippen LogP contribution in [-0.4, -0.2) is 43.7 Å². The lowest BCUT2D eigenvalue weighted by Gasteiger charge is -2.24. The molecule has 1 aliphatic rings. The van der Waals surface area contributed by atoms with Gasteiger partial charge in [0, 0.05) is 24.9 Å². The average molecular weight is 463 g/mol. The average Bonchev–Trinajstić information content (AvgIpc) is 2.98. The van der Waals surface area contributed by atoms with Crippen LogP contribution in [0.25, 0.3) is 0 Å². The maximum absolute atomic E-state index is 5.44. The van der Waals surface area contributed by atoms with E-state index in [1.54, 1.807) is 7.11 Å². The van der Waals surface area contributed by atoms with Gasteiger partial charge in [0.05, 0.1) is 7.11 Å². The molecule has 0 saturated carbocycles. The highest BCUT2D eigenvalue weighted by Crippen LogP contribution is 2.36. The van der Waals surface area contributed by atoms with Crippen LogP contribution in [0, 0.1) is 6.92 Å². The van der Waals surface area contributed by atoms with Crippen molar-refractivity contribution in [3.8, 4) is 5.75 Å². The Labute approximate surface area is 167 Å². The normalized spacial score (nSPS) is 20.4. The van der Waals surface area contributed by atoms with Crippen LogP contribution in [-0.2, 0) is 6.42 Å². The minimum Gasteiger partial charge on any atom is -0.496 e. The van der Waals surface area contributed by atoms with Gasteiger partial charge >= 0.3 is 0 Å². The Morgan fingerprint density at radius 3 is 2.79 bits per heavy atom. The molecule has 0 radical (unpaired) electrons. The number of benzene rings is 1. The van der Waals surface area contributed by atoms with Gasteiger partial charge in [0.15, 0.2) is 5.96 Å². The van der Waals surface area contributed by atoms with Crippen molar-refractivity contribution >= 4 is 41.7 Å². The smallest absolute Gasteiger partial charge is 0.191 e. The van der Waals surface area contributed by atoms with E-state index in [-0.39, 0.29) is 24.0 Å². The van der Waals surface area contributed by atoms with Crippen molar-refractivity contribution < 1.29 is 4.74 Å². The summed E-state index contributed by atoms with van der Waals surface area (Å²) in [5.41, 5.74) is 2.49. The summed E-state index contributed by atoms with van der Waals surface area (Å²) in [5, 5.41) is 6.87. The number of thioether (sulfide) groups is 1. The molecule has 0 aliphatic carbocycles. The fourth-order valence-corrected chi connectivity index (χ4v) is 4.13. The second kappa shape index (κ2) is 10.4. The zero-order valence-corrected chi connectivity index (χ0v) is 18.3. The third-order valence-corrected chi connectivity index (χ3v) is 5.81. The summed E-state index contributed by atoms with van der Waals surface area (Å²) in [6.45, 7) is 6.24. The van der Waals surface area contributed by atoms with Gasteiger partial charge in [-0.3, -0.25) is 4.99 Å². The molecule has 0 bridgehead atoms. The number of nitrogens with one attached hydrogen (secondary N) is 2.